The van der Waals surface area contributed by atoms with E-state index in [4.69, 9.17) is 11.6 Å². The molecule has 0 fully saturated rings. The van der Waals surface area contributed by atoms with Gasteiger partial charge in [0, 0.05) is 12.0 Å². The van der Waals surface area contributed by atoms with Gasteiger partial charge in [-0.1, -0.05) is 75.4 Å². The number of hydrogen-bond donors (Lipinski definition) is 0. The van der Waals surface area contributed by atoms with Crippen LogP contribution in [0.1, 0.15) is 54.1 Å². The zero-order valence-electron chi connectivity index (χ0n) is 12.8. The molecule has 0 saturated heterocycles. The SMILES string of the molecule is CC(C)(C)c1ccc(C(Cl)CC(=O)c2ccccc2)cc1. The summed E-state index contributed by atoms with van der Waals surface area (Å²) in [4.78, 5) is 12.2. The third-order valence-corrected chi connectivity index (χ3v) is 4.01. The van der Waals surface area contributed by atoms with Gasteiger partial charge in [0.2, 0.25) is 0 Å². The Hall–Kier alpha value is -1.60. The van der Waals surface area contributed by atoms with Gasteiger partial charge in [-0.2, -0.15) is 0 Å². The molecule has 1 nitrogen and oxygen atoms in total. The summed E-state index contributed by atoms with van der Waals surface area (Å²) in [6, 6.07) is 17.5. The Kier molecular flexibility index (Phi) is 4.84. The number of Topliss-reactive ketones (excluding diaryl/α,β-unsaturated/α-hetero) is 1. The molecule has 0 heterocycles. The molecule has 0 amide bonds. The Labute approximate surface area is 132 Å². The van der Waals surface area contributed by atoms with Gasteiger partial charge in [0.1, 0.15) is 0 Å². The standard InChI is InChI=1S/C19H21ClO/c1-19(2,3)16-11-9-14(10-12-16)17(20)13-18(21)15-7-5-4-6-8-15/h4-12,17H,13H2,1-3H3. The second-order valence-corrected chi connectivity index (χ2v) is 6.86. The van der Waals surface area contributed by atoms with Crippen molar-refractivity contribution in [2.45, 2.75) is 38.0 Å². The molecule has 0 aliphatic rings. The van der Waals surface area contributed by atoms with Crippen molar-refractivity contribution < 1.29 is 4.79 Å². The lowest BCUT2D eigenvalue weighted by Gasteiger charge is -2.19. The van der Waals surface area contributed by atoms with Crippen LogP contribution in [0.3, 0.4) is 0 Å². The zero-order chi connectivity index (χ0) is 15.5. The minimum absolute atomic E-state index is 0.0792. The number of carbonyl (C=O) groups excluding carboxylic acids is 1. The largest absolute Gasteiger partial charge is 0.294 e. The molecule has 0 bridgehead atoms. The molecule has 0 N–H and O–H groups in total. The molecule has 0 saturated carbocycles. The summed E-state index contributed by atoms with van der Waals surface area (Å²) in [6.07, 6.45) is 0.320. The lowest BCUT2D eigenvalue weighted by atomic mass is 9.86. The average Bonchev–Trinajstić information content (AvgIpc) is 2.47. The topological polar surface area (TPSA) is 17.1 Å². The van der Waals surface area contributed by atoms with Crippen molar-refractivity contribution in [2.24, 2.45) is 0 Å². The summed E-state index contributed by atoms with van der Waals surface area (Å²) >= 11 is 6.40. The van der Waals surface area contributed by atoms with Gasteiger partial charge in [-0.15, -0.1) is 11.6 Å². The molecular formula is C19H21ClO. The van der Waals surface area contributed by atoms with E-state index in [1.54, 1.807) is 0 Å². The van der Waals surface area contributed by atoms with Crippen molar-refractivity contribution in [2.75, 3.05) is 0 Å². The smallest absolute Gasteiger partial charge is 0.164 e. The molecule has 0 spiro atoms. The number of ketones is 1. The van der Waals surface area contributed by atoms with Crippen molar-refractivity contribution >= 4 is 17.4 Å². The summed E-state index contributed by atoms with van der Waals surface area (Å²) in [5, 5.41) is -0.285. The van der Waals surface area contributed by atoms with E-state index in [1.165, 1.54) is 5.56 Å². The monoisotopic (exact) mass is 300 g/mol. The van der Waals surface area contributed by atoms with Crippen LogP contribution in [0.2, 0.25) is 0 Å². The molecular weight excluding hydrogens is 280 g/mol. The van der Waals surface area contributed by atoms with E-state index in [9.17, 15) is 4.79 Å². The molecule has 0 aromatic heterocycles. The highest BCUT2D eigenvalue weighted by atomic mass is 35.5. The summed E-state index contributed by atoms with van der Waals surface area (Å²) < 4.78 is 0. The van der Waals surface area contributed by atoms with Gasteiger partial charge < -0.3 is 0 Å². The summed E-state index contributed by atoms with van der Waals surface area (Å²) in [7, 11) is 0. The Balaban J connectivity index is 2.07. The summed E-state index contributed by atoms with van der Waals surface area (Å²) in [5.74, 6) is 0.0792. The minimum Gasteiger partial charge on any atom is -0.294 e. The summed E-state index contributed by atoms with van der Waals surface area (Å²) in [5.41, 5.74) is 3.10. The number of halogens is 1. The van der Waals surface area contributed by atoms with Gasteiger partial charge >= 0.3 is 0 Å². The third-order valence-electron chi connectivity index (χ3n) is 3.60. The molecule has 110 valence electrons. The van der Waals surface area contributed by atoms with E-state index in [0.717, 1.165) is 11.1 Å². The predicted octanol–water partition coefficient (Wildman–Crippen LogP) is 5.54. The highest BCUT2D eigenvalue weighted by molar-refractivity contribution is 6.22. The van der Waals surface area contributed by atoms with Crippen molar-refractivity contribution in [3.63, 3.8) is 0 Å². The lowest BCUT2D eigenvalue weighted by molar-refractivity contribution is 0.0981. The normalized spacial score (nSPS) is 13.0. The fourth-order valence-corrected chi connectivity index (χ4v) is 2.50. The van der Waals surface area contributed by atoms with Crippen LogP contribution in [0.15, 0.2) is 54.6 Å². The number of benzene rings is 2. The van der Waals surface area contributed by atoms with E-state index in [1.807, 2.05) is 42.5 Å². The highest BCUT2D eigenvalue weighted by Crippen LogP contribution is 2.29. The van der Waals surface area contributed by atoms with Gasteiger partial charge in [-0.3, -0.25) is 4.79 Å². The first-order valence-electron chi connectivity index (χ1n) is 7.20. The van der Waals surface area contributed by atoms with E-state index in [2.05, 4.69) is 32.9 Å². The van der Waals surface area contributed by atoms with Crippen LogP contribution < -0.4 is 0 Å². The Morgan fingerprint density at radius 1 is 1.00 bits per heavy atom. The quantitative estimate of drug-likeness (QED) is 0.535. The van der Waals surface area contributed by atoms with Crippen LogP contribution in [0.4, 0.5) is 0 Å². The Morgan fingerprint density at radius 3 is 2.10 bits per heavy atom. The molecule has 2 rings (SSSR count). The number of hydrogen-bond acceptors (Lipinski definition) is 1. The maximum atomic E-state index is 12.2. The van der Waals surface area contributed by atoms with Gasteiger partial charge in [-0.05, 0) is 16.5 Å². The van der Waals surface area contributed by atoms with Crippen LogP contribution in [0, 0.1) is 0 Å². The molecule has 2 heteroatoms. The molecule has 1 unspecified atom stereocenters. The molecule has 0 radical (unpaired) electrons. The van der Waals surface area contributed by atoms with Crippen LogP contribution >= 0.6 is 11.6 Å². The van der Waals surface area contributed by atoms with E-state index < -0.39 is 0 Å². The Morgan fingerprint density at radius 2 is 1.57 bits per heavy atom. The van der Waals surface area contributed by atoms with E-state index >= 15 is 0 Å². The lowest BCUT2D eigenvalue weighted by Crippen LogP contribution is -2.11. The zero-order valence-corrected chi connectivity index (χ0v) is 13.5. The first kappa shape index (κ1) is 15.8. The third kappa shape index (κ3) is 4.18. The number of carbonyl (C=O) groups is 1. The van der Waals surface area contributed by atoms with Gasteiger partial charge in [0.25, 0.3) is 0 Å². The summed E-state index contributed by atoms with van der Waals surface area (Å²) in [6.45, 7) is 6.54. The van der Waals surface area contributed by atoms with Crippen LogP contribution in [-0.2, 0) is 5.41 Å². The second-order valence-electron chi connectivity index (χ2n) is 6.33. The maximum absolute atomic E-state index is 12.2. The van der Waals surface area contributed by atoms with Gasteiger partial charge in [-0.25, -0.2) is 0 Å². The Bertz CT molecular complexity index is 594. The fraction of sp³-hybridized carbons (Fsp3) is 0.316. The molecule has 0 aliphatic heterocycles. The van der Waals surface area contributed by atoms with Crippen LogP contribution in [-0.4, -0.2) is 5.78 Å². The molecule has 2 aromatic rings. The van der Waals surface area contributed by atoms with Crippen molar-refractivity contribution in [1.82, 2.24) is 0 Å². The van der Waals surface area contributed by atoms with Crippen LogP contribution in [0.5, 0.6) is 0 Å². The van der Waals surface area contributed by atoms with Crippen molar-refractivity contribution in [3.8, 4) is 0 Å². The van der Waals surface area contributed by atoms with Crippen molar-refractivity contribution in [1.29, 1.82) is 0 Å². The molecule has 21 heavy (non-hydrogen) atoms. The van der Waals surface area contributed by atoms with Gasteiger partial charge in [0.05, 0.1) is 5.38 Å². The fourth-order valence-electron chi connectivity index (χ4n) is 2.21. The number of alkyl halides is 1. The minimum atomic E-state index is -0.285. The van der Waals surface area contributed by atoms with Crippen molar-refractivity contribution in [3.05, 3.63) is 71.3 Å². The maximum Gasteiger partial charge on any atom is 0.164 e. The van der Waals surface area contributed by atoms with Crippen LogP contribution in [0.25, 0.3) is 0 Å². The average molecular weight is 301 g/mol. The predicted molar refractivity (Wildman–Crippen MR) is 89.1 cm³/mol. The van der Waals surface area contributed by atoms with Gasteiger partial charge in [0.15, 0.2) is 5.78 Å². The van der Waals surface area contributed by atoms with E-state index in [-0.39, 0.29) is 16.6 Å². The van der Waals surface area contributed by atoms with E-state index in [0.29, 0.717) is 6.42 Å². The highest BCUT2D eigenvalue weighted by Gasteiger charge is 2.17. The molecule has 2 aromatic carbocycles. The second kappa shape index (κ2) is 6.44. The first-order chi connectivity index (χ1) is 9.88. The molecule has 1 atom stereocenters. The first-order valence-corrected chi connectivity index (χ1v) is 7.64. The molecule has 0 aliphatic carbocycles. The number of rotatable bonds is 4.